The molecule has 0 spiro atoms. The smallest absolute Gasteiger partial charge is 0.247 e. The van der Waals surface area contributed by atoms with Gasteiger partial charge >= 0.3 is 0 Å². The summed E-state index contributed by atoms with van der Waals surface area (Å²) in [5, 5.41) is 0. The Bertz CT molecular complexity index is 614. The fourth-order valence-electron chi connectivity index (χ4n) is 3.40. The first kappa shape index (κ1) is 15.8. The van der Waals surface area contributed by atoms with Crippen LogP contribution in [0.4, 0.5) is 0 Å². The standard InChI is InChI=1S/C18H24N2O3/c1-12-10-15(12)16-8-6-14(23-16)7-9-18(22)20(11-17(19)21)13-4-2-3-5-13/h6-9,12-13,15H,2-5,10-11H2,1H3,(H2,19,21)/b9-7+/t12-,15+/m1/s1. The first-order chi connectivity index (χ1) is 11.0. The maximum Gasteiger partial charge on any atom is 0.247 e. The molecular weight excluding hydrogens is 292 g/mol. The number of primary amides is 1. The summed E-state index contributed by atoms with van der Waals surface area (Å²) in [5.74, 6) is 2.24. The Morgan fingerprint density at radius 2 is 2.04 bits per heavy atom. The van der Waals surface area contributed by atoms with E-state index in [0.717, 1.165) is 31.4 Å². The molecule has 5 heteroatoms. The second-order valence-corrected chi connectivity index (χ2v) is 6.76. The van der Waals surface area contributed by atoms with E-state index in [2.05, 4.69) is 6.92 Å². The number of nitrogens with zero attached hydrogens (tertiary/aromatic N) is 1. The van der Waals surface area contributed by atoms with E-state index >= 15 is 0 Å². The van der Waals surface area contributed by atoms with Crippen molar-refractivity contribution in [2.45, 2.75) is 51.0 Å². The molecule has 0 unspecified atom stereocenters. The molecule has 0 saturated heterocycles. The zero-order chi connectivity index (χ0) is 16.4. The summed E-state index contributed by atoms with van der Waals surface area (Å²) in [4.78, 5) is 25.3. The third kappa shape index (κ3) is 3.84. The van der Waals surface area contributed by atoms with Crippen molar-refractivity contribution < 1.29 is 14.0 Å². The fraction of sp³-hybridized carbons (Fsp3) is 0.556. The van der Waals surface area contributed by atoms with Crippen molar-refractivity contribution >= 4 is 17.9 Å². The highest BCUT2D eigenvalue weighted by Gasteiger charge is 2.36. The third-order valence-corrected chi connectivity index (χ3v) is 4.89. The lowest BCUT2D eigenvalue weighted by molar-refractivity contribution is -0.133. The highest BCUT2D eigenvalue weighted by Crippen LogP contribution is 2.47. The quantitative estimate of drug-likeness (QED) is 0.820. The van der Waals surface area contributed by atoms with Crippen LogP contribution in [-0.4, -0.2) is 29.3 Å². The van der Waals surface area contributed by atoms with Crippen LogP contribution in [0.15, 0.2) is 22.6 Å². The van der Waals surface area contributed by atoms with Crippen molar-refractivity contribution in [3.8, 4) is 0 Å². The average molecular weight is 316 g/mol. The van der Waals surface area contributed by atoms with Gasteiger partial charge in [-0.05, 0) is 43.4 Å². The Balaban J connectivity index is 1.65. The minimum Gasteiger partial charge on any atom is -0.461 e. The Morgan fingerprint density at radius 1 is 1.35 bits per heavy atom. The van der Waals surface area contributed by atoms with E-state index in [1.54, 1.807) is 11.0 Å². The average Bonchev–Trinajstić information content (AvgIpc) is 2.98. The molecule has 2 fully saturated rings. The molecule has 2 amide bonds. The molecular formula is C18H24N2O3. The van der Waals surface area contributed by atoms with Gasteiger partial charge in [0.1, 0.15) is 11.5 Å². The Kier molecular flexibility index (Phi) is 4.55. The number of furan rings is 1. The maximum absolute atomic E-state index is 12.4. The summed E-state index contributed by atoms with van der Waals surface area (Å²) in [6.07, 6.45) is 8.41. The van der Waals surface area contributed by atoms with Crippen molar-refractivity contribution in [1.82, 2.24) is 4.90 Å². The van der Waals surface area contributed by atoms with Gasteiger partial charge in [-0.1, -0.05) is 19.8 Å². The highest BCUT2D eigenvalue weighted by atomic mass is 16.3. The van der Waals surface area contributed by atoms with E-state index in [4.69, 9.17) is 10.2 Å². The van der Waals surface area contributed by atoms with Crippen LogP contribution in [0, 0.1) is 5.92 Å². The first-order valence-electron chi connectivity index (χ1n) is 8.41. The van der Waals surface area contributed by atoms with Crippen LogP contribution < -0.4 is 5.73 Å². The minimum atomic E-state index is -0.471. The monoisotopic (exact) mass is 316 g/mol. The molecule has 1 heterocycles. The van der Waals surface area contributed by atoms with Gasteiger partial charge < -0.3 is 15.1 Å². The highest BCUT2D eigenvalue weighted by molar-refractivity contribution is 5.94. The summed E-state index contributed by atoms with van der Waals surface area (Å²) in [6, 6.07) is 3.99. The van der Waals surface area contributed by atoms with Gasteiger partial charge in [0.25, 0.3) is 0 Å². The van der Waals surface area contributed by atoms with Crippen LogP contribution in [0.2, 0.25) is 0 Å². The number of hydrogen-bond acceptors (Lipinski definition) is 3. The molecule has 0 bridgehead atoms. The SMILES string of the molecule is C[C@@H]1C[C@@H]1c1ccc(/C=C/C(=O)N(CC(N)=O)C2CCCC2)o1. The van der Waals surface area contributed by atoms with E-state index in [1.165, 1.54) is 12.5 Å². The van der Waals surface area contributed by atoms with Gasteiger partial charge in [0, 0.05) is 18.0 Å². The predicted molar refractivity (Wildman–Crippen MR) is 87.4 cm³/mol. The van der Waals surface area contributed by atoms with Crippen LogP contribution in [-0.2, 0) is 9.59 Å². The third-order valence-electron chi connectivity index (χ3n) is 4.89. The number of carbonyl (C=O) groups is 2. The number of hydrogen-bond donors (Lipinski definition) is 1. The van der Waals surface area contributed by atoms with E-state index in [1.807, 2.05) is 12.1 Å². The molecule has 1 aromatic rings. The Hall–Kier alpha value is -2.04. The molecule has 1 aromatic heterocycles. The number of rotatable bonds is 6. The lowest BCUT2D eigenvalue weighted by atomic mass is 10.2. The summed E-state index contributed by atoms with van der Waals surface area (Å²) in [5.41, 5.74) is 5.29. The Morgan fingerprint density at radius 3 is 2.65 bits per heavy atom. The van der Waals surface area contributed by atoms with Crippen molar-refractivity contribution in [2.75, 3.05) is 6.54 Å². The van der Waals surface area contributed by atoms with Gasteiger partial charge in [-0.15, -0.1) is 0 Å². The molecule has 3 rings (SSSR count). The van der Waals surface area contributed by atoms with Gasteiger partial charge in [-0.3, -0.25) is 9.59 Å². The van der Waals surface area contributed by atoms with Gasteiger partial charge in [0.05, 0.1) is 6.54 Å². The predicted octanol–water partition coefficient (Wildman–Crippen LogP) is 2.67. The molecule has 2 aliphatic rings. The number of nitrogens with two attached hydrogens (primary N) is 1. The topological polar surface area (TPSA) is 76.5 Å². The van der Waals surface area contributed by atoms with E-state index in [9.17, 15) is 9.59 Å². The van der Waals surface area contributed by atoms with Crippen LogP contribution in [0.5, 0.6) is 0 Å². The van der Waals surface area contributed by atoms with Gasteiger partial charge in [0.2, 0.25) is 11.8 Å². The van der Waals surface area contributed by atoms with Crippen molar-refractivity contribution in [1.29, 1.82) is 0 Å². The summed E-state index contributed by atoms with van der Waals surface area (Å²) < 4.78 is 5.77. The molecule has 5 nitrogen and oxygen atoms in total. The van der Waals surface area contributed by atoms with E-state index in [0.29, 0.717) is 17.6 Å². The molecule has 0 aliphatic heterocycles. The summed E-state index contributed by atoms with van der Waals surface area (Å²) in [7, 11) is 0. The zero-order valence-corrected chi connectivity index (χ0v) is 13.5. The molecule has 2 aliphatic carbocycles. The van der Waals surface area contributed by atoms with Crippen molar-refractivity contribution in [2.24, 2.45) is 11.7 Å². The lowest BCUT2D eigenvalue weighted by Gasteiger charge is -2.26. The van der Waals surface area contributed by atoms with Crippen LogP contribution in [0.25, 0.3) is 6.08 Å². The van der Waals surface area contributed by atoms with E-state index in [-0.39, 0.29) is 18.5 Å². The fourth-order valence-corrected chi connectivity index (χ4v) is 3.40. The molecule has 2 atom stereocenters. The largest absolute Gasteiger partial charge is 0.461 e. The number of amides is 2. The van der Waals surface area contributed by atoms with E-state index < -0.39 is 5.91 Å². The number of carbonyl (C=O) groups excluding carboxylic acids is 2. The second-order valence-electron chi connectivity index (χ2n) is 6.76. The van der Waals surface area contributed by atoms with Crippen LogP contribution >= 0.6 is 0 Å². The van der Waals surface area contributed by atoms with Gasteiger partial charge in [-0.25, -0.2) is 0 Å². The maximum atomic E-state index is 12.4. The molecule has 23 heavy (non-hydrogen) atoms. The first-order valence-corrected chi connectivity index (χ1v) is 8.41. The van der Waals surface area contributed by atoms with Crippen molar-refractivity contribution in [3.05, 3.63) is 29.7 Å². The lowest BCUT2D eigenvalue weighted by Crippen LogP contribution is -2.43. The molecule has 2 saturated carbocycles. The summed E-state index contributed by atoms with van der Waals surface area (Å²) >= 11 is 0. The molecule has 2 N–H and O–H groups in total. The van der Waals surface area contributed by atoms with Gasteiger partial charge in [-0.2, -0.15) is 0 Å². The molecule has 124 valence electrons. The van der Waals surface area contributed by atoms with Crippen LogP contribution in [0.3, 0.4) is 0 Å². The molecule has 0 radical (unpaired) electrons. The molecule has 0 aromatic carbocycles. The normalized spacial score (nSPS) is 24.2. The van der Waals surface area contributed by atoms with Crippen LogP contribution in [0.1, 0.15) is 56.5 Å². The minimum absolute atomic E-state index is 0.0170. The van der Waals surface area contributed by atoms with Gasteiger partial charge in [0.15, 0.2) is 0 Å². The Labute approximate surface area is 136 Å². The zero-order valence-electron chi connectivity index (χ0n) is 13.5. The summed E-state index contributed by atoms with van der Waals surface area (Å²) in [6.45, 7) is 2.19. The van der Waals surface area contributed by atoms with Crippen molar-refractivity contribution in [3.63, 3.8) is 0 Å². The second kappa shape index (κ2) is 6.60.